The molecule has 1 atom stereocenters. The van der Waals surface area contributed by atoms with E-state index < -0.39 is 23.4 Å². The van der Waals surface area contributed by atoms with Crippen LogP contribution in [0.5, 0.6) is 0 Å². The smallest absolute Gasteiger partial charge is 0.357 e. The van der Waals surface area contributed by atoms with Crippen LogP contribution in [0.3, 0.4) is 0 Å². The number of fused-ring (bicyclic) bond motifs is 1. The van der Waals surface area contributed by atoms with Gasteiger partial charge in [-0.2, -0.15) is 5.10 Å². The van der Waals surface area contributed by atoms with Gasteiger partial charge in [-0.25, -0.2) is 9.48 Å². The van der Waals surface area contributed by atoms with Gasteiger partial charge in [0.05, 0.1) is 17.8 Å². The number of carbonyl (C=O) groups is 2. The zero-order valence-electron chi connectivity index (χ0n) is 10.7. The van der Waals surface area contributed by atoms with Crippen molar-refractivity contribution in [3.8, 4) is 0 Å². The largest absolute Gasteiger partial charge is 0.476 e. The Morgan fingerprint density at radius 2 is 1.95 bits per heavy atom. The van der Waals surface area contributed by atoms with Crippen LogP contribution in [0.25, 0.3) is 10.8 Å². The number of nitrogens with two attached hydrogens (primary N) is 1. The molecule has 0 fully saturated rings. The molecule has 2 rings (SSSR count). The summed E-state index contributed by atoms with van der Waals surface area (Å²) in [5, 5.41) is 13.5. The average molecular weight is 275 g/mol. The molecule has 104 valence electrons. The van der Waals surface area contributed by atoms with Crippen LogP contribution >= 0.6 is 0 Å². The maximum atomic E-state index is 12.2. The lowest BCUT2D eigenvalue weighted by molar-refractivity contribution is -0.121. The molecule has 3 N–H and O–H groups in total. The van der Waals surface area contributed by atoms with Crippen molar-refractivity contribution in [1.29, 1.82) is 0 Å². The van der Waals surface area contributed by atoms with E-state index in [0.29, 0.717) is 0 Å². The van der Waals surface area contributed by atoms with Crippen LogP contribution in [0.4, 0.5) is 0 Å². The Kier molecular flexibility index (Phi) is 3.51. The van der Waals surface area contributed by atoms with Gasteiger partial charge in [-0.15, -0.1) is 0 Å². The van der Waals surface area contributed by atoms with Crippen molar-refractivity contribution >= 4 is 22.6 Å². The van der Waals surface area contributed by atoms with Crippen molar-refractivity contribution in [2.45, 2.75) is 13.5 Å². The minimum absolute atomic E-state index is 0.0563. The summed E-state index contributed by atoms with van der Waals surface area (Å²) in [5.41, 5.74) is 4.48. The van der Waals surface area contributed by atoms with Crippen molar-refractivity contribution < 1.29 is 14.7 Å². The molecule has 0 aliphatic carbocycles. The third-order valence-electron chi connectivity index (χ3n) is 3.00. The lowest BCUT2D eigenvalue weighted by atomic mass is 10.1. The molecule has 1 amide bonds. The number of hydrogen-bond donors (Lipinski definition) is 2. The summed E-state index contributed by atoms with van der Waals surface area (Å²) < 4.78 is 0.973. The quantitative estimate of drug-likeness (QED) is 0.827. The number of aromatic carboxylic acids is 1. The van der Waals surface area contributed by atoms with E-state index in [2.05, 4.69) is 5.10 Å². The number of carboxylic acids is 1. The molecule has 0 spiro atoms. The predicted octanol–water partition coefficient (Wildman–Crippen LogP) is 0.216. The number of rotatable bonds is 4. The second-order valence-electron chi connectivity index (χ2n) is 4.49. The van der Waals surface area contributed by atoms with Crippen molar-refractivity contribution in [1.82, 2.24) is 9.78 Å². The van der Waals surface area contributed by atoms with Crippen molar-refractivity contribution in [2.24, 2.45) is 11.7 Å². The Labute approximate surface area is 113 Å². The van der Waals surface area contributed by atoms with Crippen LogP contribution < -0.4 is 11.3 Å². The van der Waals surface area contributed by atoms with Crippen LogP contribution in [0.1, 0.15) is 17.4 Å². The third kappa shape index (κ3) is 2.37. The van der Waals surface area contributed by atoms with Crippen LogP contribution in [0.2, 0.25) is 0 Å². The van der Waals surface area contributed by atoms with Gasteiger partial charge in [-0.3, -0.25) is 9.59 Å². The van der Waals surface area contributed by atoms with Crippen LogP contribution in [-0.4, -0.2) is 26.8 Å². The van der Waals surface area contributed by atoms with Crippen molar-refractivity contribution in [2.75, 3.05) is 0 Å². The van der Waals surface area contributed by atoms with E-state index >= 15 is 0 Å². The summed E-state index contributed by atoms with van der Waals surface area (Å²) in [6.45, 7) is 1.49. The highest BCUT2D eigenvalue weighted by Gasteiger charge is 2.18. The minimum Gasteiger partial charge on any atom is -0.476 e. The first-order valence-corrected chi connectivity index (χ1v) is 5.94. The zero-order valence-corrected chi connectivity index (χ0v) is 10.7. The molecule has 0 aliphatic heterocycles. The maximum Gasteiger partial charge on any atom is 0.357 e. The van der Waals surface area contributed by atoms with Gasteiger partial charge < -0.3 is 10.8 Å². The number of nitrogens with zero attached hydrogens (tertiary/aromatic N) is 2. The second-order valence-corrected chi connectivity index (χ2v) is 4.49. The molecule has 0 saturated heterocycles. The fraction of sp³-hybridized carbons (Fsp3) is 0.231. The van der Waals surface area contributed by atoms with E-state index in [0.717, 1.165) is 4.68 Å². The molecule has 0 bridgehead atoms. The van der Waals surface area contributed by atoms with E-state index in [4.69, 9.17) is 5.73 Å². The number of benzene rings is 1. The SMILES string of the molecule is CC(Cn1nc(C(=O)O)c2ccccc2c1=O)C(N)=O. The van der Waals surface area contributed by atoms with Gasteiger partial charge in [0.2, 0.25) is 5.91 Å². The Hall–Kier alpha value is -2.70. The first kappa shape index (κ1) is 13.7. The van der Waals surface area contributed by atoms with Crippen LogP contribution in [0.15, 0.2) is 29.1 Å². The molecular weight excluding hydrogens is 262 g/mol. The molecule has 1 aromatic carbocycles. The molecule has 0 saturated carbocycles. The summed E-state index contributed by atoms with van der Waals surface area (Å²) in [7, 11) is 0. The molecule has 20 heavy (non-hydrogen) atoms. The third-order valence-corrected chi connectivity index (χ3v) is 3.00. The van der Waals surface area contributed by atoms with Gasteiger partial charge in [-0.1, -0.05) is 25.1 Å². The highest BCUT2D eigenvalue weighted by molar-refractivity contribution is 6.01. The average Bonchev–Trinajstić information content (AvgIpc) is 2.41. The highest BCUT2D eigenvalue weighted by atomic mass is 16.4. The topological polar surface area (TPSA) is 115 Å². The number of primary amides is 1. The summed E-state index contributed by atoms with van der Waals surface area (Å²) in [5.74, 6) is -2.44. The predicted molar refractivity (Wildman–Crippen MR) is 71.3 cm³/mol. The van der Waals surface area contributed by atoms with Gasteiger partial charge in [0, 0.05) is 5.39 Å². The first-order valence-electron chi connectivity index (χ1n) is 5.94. The number of carboxylic acid groups (broad SMARTS) is 1. The standard InChI is InChI=1S/C13H13N3O4/c1-7(11(14)17)6-16-12(18)9-5-3-2-4-8(9)10(15-16)13(19)20/h2-5,7H,6H2,1H3,(H2,14,17)(H,19,20). The van der Waals surface area contributed by atoms with E-state index in [1.165, 1.54) is 12.1 Å². The van der Waals surface area contributed by atoms with Gasteiger partial charge in [0.1, 0.15) is 0 Å². The molecular formula is C13H13N3O4. The summed E-state index contributed by atoms with van der Waals surface area (Å²) in [6.07, 6.45) is 0. The summed E-state index contributed by atoms with van der Waals surface area (Å²) in [6, 6.07) is 6.32. The molecule has 2 aromatic rings. The zero-order chi connectivity index (χ0) is 14.9. The Balaban J connectivity index is 2.68. The van der Waals surface area contributed by atoms with E-state index in [1.807, 2.05) is 0 Å². The number of hydrogen-bond acceptors (Lipinski definition) is 4. The van der Waals surface area contributed by atoms with Gasteiger partial charge in [0.15, 0.2) is 5.69 Å². The van der Waals surface area contributed by atoms with E-state index in [-0.39, 0.29) is 23.0 Å². The second kappa shape index (κ2) is 5.12. The number of carbonyl (C=O) groups excluding carboxylic acids is 1. The molecule has 1 unspecified atom stereocenters. The lowest BCUT2D eigenvalue weighted by Crippen LogP contribution is -2.32. The number of amides is 1. The van der Waals surface area contributed by atoms with E-state index in [1.54, 1.807) is 19.1 Å². The molecule has 1 heterocycles. The molecule has 7 heteroatoms. The lowest BCUT2D eigenvalue weighted by Gasteiger charge is -2.11. The Morgan fingerprint density at radius 1 is 1.35 bits per heavy atom. The molecule has 1 aromatic heterocycles. The highest BCUT2D eigenvalue weighted by Crippen LogP contribution is 2.13. The fourth-order valence-corrected chi connectivity index (χ4v) is 1.87. The maximum absolute atomic E-state index is 12.2. The van der Waals surface area contributed by atoms with Gasteiger partial charge in [0.25, 0.3) is 5.56 Å². The number of aromatic nitrogens is 2. The monoisotopic (exact) mass is 275 g/mol. The minimum atomic E-state index is -1.23. The molecule has 0 radical (unpaired) electrons. The van der Waals surface area contributed by atoms with E-state index in [9.17, 15) is 19.5 Å². The molecule has 0 aliphatic rings. The fourth-order valence-electron chi connectivity index (χ4n) is 1.87. The summed E-state index contributed by atoms with van der Waals surface area (Å²) >= 11 is 0. The van der Waals surface area contributed by atoms with Gasteiger partial charge in [-0.05, 0) is 6.07 Å². The Bertz CT molecular complexity index is 751. The van der Waals surface area contributed by atoms with Crippen molar-refractivity contribution in [3.63, 3.8) is 0 Å². The summed E-state index contributed by atoms with van der Waals surface area (Å²) in [4.78, 5) is 34.5. The Morgan fingerprint density at radius 3 is 2.50 bits per heavy atom. The molecule has 7 nitrogen and oxygen atoms in total. The normalized spacial score (nSPS) is 12.2. The van der Waals surface area contributed by atoms with Crippen LogP contribution in [0, 0.1) is 5.92 Å². The first-order chi connectivity index (χ1) is 9.41. The van der Waals surface area contributed by atoms with Crippen LogP contribution in [-0.2, 0) is 11.3 Å². The van der Waals surface area contributed by atoms with Crippen molar-refractivity contribution in [3.05, 3.63) is 40.3 Å². The van der Waals surface area contributed by atoms with Gasteiger partial charge >= 0.3 is 5.97 Å².